The molecule has 17 heavy (non-hydrogen) atoms. The minimum atomic E-state index is 0.734. The van der Waals surface area contributed by atoms with E-state index in [1.807, 2.05) is 6.92 Å². The predicted molar refractivity (Wildman–Crippen MR) is 69.9 cm³/mol. The van der Waals surface area contributed by atoms with Gasteiger partial charge in [0, 0.05) is 0 Å². The number of nitrogens with zero attached hydrogens (tertiary/aromatic N) is 1. The van der Waals surface area contributed by atoms with Crippen LogP contribution in [-0.2, 0) is 6.42 Å². The molecule has 0 spiro atoms. The summed E-state index contributed by atoms with van der Waals surface area (Å²) in [4.78, 5) is 0. The SMILES string of the molecule is Cc1cc(CC2CCCNC2)cc(C#N)c1C. The van der Waals surface area contributed by atoms with Crippen molar-refractivity contribution in [2.45, 2.75) is 33.1 Å². The zero-order chi connectivity index (χ0) is 12.3. The summed E-state index contributed by atoms with van der Waals surface area (Å²) in [6.07, 6.45) is 3.69. The number of hydrogen-bond acceptors (Lipinski definition) is 2. The molecule has 0 amide bonds. The molecule has 1 saturated heterocycles. The molecular formula is C15H20N2. The van der Waals surface area contributed by atoms with E-state index in [2.05, 4.69) is 30.4 Å². The zero-order valence-electron chi connectivity index (χ0n) is 10.7. The number of nitriles is 1. The van der Waals surface area contributed by atoms with E-state index in [0.29, 0.717) is 0 Å². The summed E-state index contributed by atoms with van der Waals surface area (Å²) >= 11 is 0. The molecule has 0 radical (unpaired) electrons. The number of aryl methyl sites for hydroxylation is 1. The van der Waals surface area contributed by atoms with Crippen molar-refractivity contribution in [3.63, 3.8) is 0 Å². The number of benzene rings is 1. The Morgan fingerprint density at radius 1 is 1.41 bits per heavy atom. The Kier molecular flexibility index (Phi) is 3.81. The molecule has 2 rings (SSSR count). The molecule has 1 aliphatic rings. The van der Waals surface area contributed by atoms with Crippen LogP contribution in [0.1, 0.15) is 35.1 Å². The van der Waals surface area contributed by atoms with Crippen molar-refractivity contribution in [2.75, 3.05) is 13.1 Å². The fourth-order valence-corrected chi connectivity index (χ4v) is 2.60. The van der Waals surface area contributed by atoms with Crippen molar-refractivity contribution in [3.8, 4) is 6.07 Å². The second-order valence-electron chi connectivity index (χ2n) is 5.11. The largest absolute Gasteiger partial charge is 0.316 e. The minimum Gasteiger partial charge on any atom is -0.316 e. The summed E-state index contributed by atoms with van der Waals surface area (Å²) in [5.41, 5.74) is 4.52. The van der Waals surface area contributed by atoms with Crippen molar-refractivity contribution in [2.24, 2.45) is 5.92 Å². The van der Waals surface area contributed by atoms with Crippen LogP contribution in [0, 0.1) is 31.1 Å². The molecule has 1 fully saturated rings. The Morgan fingerprint density at radius 3 is 2.88 bits per heavy atom. The third kappa shape index (κ3) is 2.87. The normalized spacial score (nSPS) is 19.9. The lowest BCUT2D eigenvalue weighted by Gasteiger charge is -2.23. The van der Waals surface area contributed by atoms with Crippen molar-refractivity contribution in [1.29, 1.82) is 5.26 Å². The minimum absolute atomic E-state index is 0.734. The molecule has 1 aliphatic heterocycles. The monoisotopic (exact) mass is 228 g/mol. The maximum absolute atomic E-state index is 9.11. The average Bonchev–Trinajstić information content (AvgIpc) is 2.35. The highest BCUT2D eigenvalue weighted by molar-refractivity contribution is 5.44. The van der Waals surface area contributed by atoms with Gasteiger partial charge in [0.25, 0.3) is 0 Å². The summed E-state index contributed by atoms with van der Waals surface area (Å²) in [7, 11) is 0. The zero-order valence-corrected chi connectivity index (χ0v) is 10.7. The molecule has 1 aromatic carbocycles. The first-order valence-corrected chi connectivity index (χ1v) is 6.41. The van der Waals surface area contributed by atoms with E-state index in [4.69, 9.17) is 5.26 Å². The van der Waals surface area contributed by atoms with Crippen molar-refractivity contribution in [3.05, 3.63) is 34.4 Å². The molecule has 2 heteroatoms. The Hall–Kier alpha value is -1.33. The Labute approximate surface area is 104 Å². The molecule has 1 N–H and O–H groups in total. The van der Waals surface area contributed by atoms with Crippen LogP contribution in [0.25, 0.3) is 0 Å². The van der Waals surface area contributed by atoms with Gasteiger partial charge >= 0.3 is 0 Å². The molecule has 1 aromatic rings. The molecule has 0 bridgehead atoms. The van der Waals surface area contributed by atoms with Crippen LogP contribution in [0.3, 0.4) is 0 Å². The first-order chi connectivity index (χ1) is 8.20. The molecule has 90 valence electrons. The van der Waals surface area contributed by atoms with Crippen LogP contribution in [0.2, 0.25) is 0 Å². The molecule has 1 atom stereocenters. The summed E-state index contributed by atoms with van der Waals surface area (Å²) < 4.78 is 0. The number of hydrogen-bond donors (Lipinski definition) is 1. The van der Waals surface area contributed by atoms with Gasteiger partial charge in [-0.25, -0.2) is 0 Å². The van der Waals surface area contributed by atoms with Gasteiger partial charge in [-0.15, -0.1) is 0 Å². The van der Waals surface area contributed by atoms with E-state index in [1.54, 1.807) is 0 Å². The van der Waals surface area contributed by atoms with E-state index in [1.165, 1.54) is 24.0 Å². The quantitative estimate of drug-likeness (QED) is 0.844. The number of piperidine rings is 1. The van der Waals surface area contributed by atoms with Crippen LogP contribution in [0.5, 0.6) is 0 Å². The molecule has 0 saturated carbocycles. The third-order valence-corrected chi connectivity index (χ3v) is 3.77. The predicted octanol–water partition coefficient (Wildman–Crippen LogP) is 2.72. The van der Waals surface area contributed by atoms with Crippen LogP contribution in [-0.4, -0.2) is 13.1 Å². The first kappa shape index (κ1) is 12.1. The smallest absolute Gasteiger partial charge is 0.0994 e. The molecule has 1 unspecified atom stereocenters. The van der Waals surface area contributed by atoms with Crippen LogP contribution < -0.4 is 5.32 Å². The number of nitrogens with one attached hydrogen (secondary N) is 1. The molecular weight excluding hydrogens is 208 g/mol. The molecule has 2 nitrogen and oxygen atoms in total. The van der Waals surface area contributed by atoms with Gasteiger partial charge in [-0.3, -0.25) is 0 Å². The van der Waals surface area contributed by atoms with Gasteiger partial charge in [-0.1, -0.05) is 6.07 Å². The summed E-state index contributed by atoms with van der Waals surface area (Å²) in [5, 5.41) is 12.6. The van der Waals surface area contributed by atoms with Crippen molar-refractivity contribution < 1.29 is 0 Å². The lowest BCUT2D eigenvalue weighted by Crippen LogP contribution is -2.30. The second-order valence-corrected chi connectivity index (χ2v) is 5.11. The molecule has 0 aromatic heterocycles. The van der Waals surface area contributed by atoms with Crippen LogP contribution in [0.15, 0.2) is 12.1 Å². The summed E-state index contributed by atoms with van der Waals surface area (Å²) in [6.45, 7) is 6.40. The maximum atomic E-state index is 9.11. The third-order valence-electron chi connectivity index (χ3n) is 3.77. The Balaban J connectivity index is 2.16. The van der Waals surface area contributed by atoms with E-state index < -0.39 is 0 Å². The van der Waals surface area contributed by atoms with Gasteiger partial charge in [-0.05, 0) is 74.9 Å². The highest BCUT2D eigenvalue weighted by atomic mass is 14.9. The average molecular weight is 228 g/mol. The second kappa shape index (κ2) is 5.33. The van der Waals surface area contributed by atoms with Crippen LogP contribution >= 0.6 is 0 Å². The highest BCUT2D eigenvalue weighted by Crippen LogP contribution is 2.21. The van der Waals surface area contributed by atoms with E-state index in [9.17, 15) is 0 Å². The summed E-state index contributed by atoms with van der Waals surface area (Å²) in [6, 6.07) is 6.61. The van der Waals surface area contributed by atoms with Gasteiger partial charge in [0.1, 0.15) is 0 Å². The lowest BCUT2D eigenvalue weighted by atomic mass is 9.90. The Morgan fingerprint density at radius 2 is 2.24 bits per heavy atom. The first-order valence-electron chi connectivity index (χ1n) is 6.41. The van der Waals surface area contributed by atoms with E-state index in [0.717, 1.165) is 36.6 Å². The molecule has 1 heterocycles. The number of rotatable bonds is 2. The highest BCUT2D eigenvalue weighted by Gasteiger charge is 2.14. The van der Waals surface area contributed by atoms with E-state index in [-0.39, 0.29) is 0 Å². The van der Waals surface area contributed by atoms with Gasteiger partial charge < -0.3 is 5.32 Å². The molecule has 0 aliphatic carbocycles. The van der Waals surface area contributed by atoms with E-state index >= 15 is 0 Å². The van der Waals surface area contributed by atoms with Crippen molar-refractivity contribution >= 4 is 0 Å². The standard InChI is InChI=1S/C15H20N2/c1-11-6-14(8-15(9-16)12(11)2)7-13-4-3-5-17-10-13/h6,8,13,17H,3-5,7,10H2,1-2H3. The van der Waals surface area contributed by atoms with Gasteiger partial charge in [0.05, 0.1) is 11.6 Å². The van der Waals surface area contributed by atoms with Gasteiger partial charge in [0.2, 0.25) is 0 Å². The topological polar surface area (TPSA) is 35.8 Å². The van der Waals surface area contributed by atoms with Gasteiger partial charge in [0.15, 0.2) is 0 Å². The maximum Gasteiger partial charge on any atom is 0.0994 e. The fourth-order valence-electron chi connectivity index (χ4n) is 2.60. The Bertz CT molecular complexity index is 437. The fraction of sp³-hybridized carbons (Fsp3) is 0.533. The van der Waals surface area contributed by atoms with Gasteiger partial charge in [-0.2, -0.15) is 5.26 Å². The van der Waals surface area contributed by atoms with Crippen molar-refractivity contribution in [1.82, 2.24) is 5.32 Å². The summed E-state index contributed by atoms with van der Waals surface area (Å²) in [5.74, 6) is 0.734. The lowest BCUT2D eigenvalue weighted by molar-refractivity contribution is 0.376. The van der Waals surface area contributed by atoms with Crippen LogP contribution in [0.4, 0.5) is 0 Å².